The predicted octanol–water partition coefficient (Wildman–Crippen LogP) is 5.29. The molecule has 0 bridgehead atoms. The van der Waals surface area contributed by atoms with Crippen molar-refractivity contribution in [2.75, 3.05) is 7.11 Å². The molecular weight excluding hydrogens is 436 g/mol. The molecule has 0 aliphatic heterocycles. The smallest absolute Gasteiger partial charge is 0.329 e. The van der Waals surface area contributed by atoms with Crippen LogP contribution in [-0.4, -0.2) is 35.6 Å². The van der Waals surface area contributed by atoms with Gasteiger partial charge in [0.25, 0.3) is 11.6 Å². The lowest BCUT2D eigenvalue weighted by molar-refractivity contribution is -0.385. The normalized spacial score (nSPS) is 15.3. The topological polar surface area (TPSA) is 108 Å². The minimum Gasteiger partial charge on any atom is -0.497 e. The molecule has 1 aliphatic carbocycles. The van der Waals surface area contributed by atoms with E-state index >= 15 is 0 Å². The third-order valence-corrected chi connectivity index (χ3v) is 5.93. The van der Waals surface area contributed by atoms with E-state index in [1.54, 1.807) is 58.2 Å². The number of benzene rings is 2. The number of nitrogens with zero attached hydrogens (tertiary/aromatic N) is 1. The van der Waals surface area contributed by atoms with E-state index in [2.05, 4.69) is 5.32 Å². The van der Waals surface area contributed by atoms with E-state index in [-0.39, 0.29) is 17.2 Å². The van der Waals surface area contributed by atoms with E-state index in [1.807, 2.05) is 0 Å². The van der Waals surface area contributed by atoms with Crippen molar-refractivity contribution in [3.8, 4) is 16.9 Å². The van der Waals surface area contributed by atoms with Crippen molar-refractivity contribution < 1.29 is 24.0 Å². The van der Waals surface area contributed by atoms with Gasteiger partial charge in [0.1, 0.15) is 23.0 Å². The number of nitro benzene ring substituents is 1. The van der Waals surface area contributed by atoms with Crippen LogP contribution in [-0.2, 0) is 9.53 Å². The van der Waals surface area contributed by atoms with Crippen LogP contribution in [0.4, 0.5) is 5.69 Å². The fourth-order valence-corrected chi connectivity index (χ4v) is 4.26. The highest BCUT2D eigenvalue weighted by Crippen LogP contribution is 2.31. The monoisotopic (exact) mass is 468 g/mol. The number of nitrogens with one attached hydrogen (secondary N) is 1. The summed E-state index contributed by atoms with van der Waals surface area (Å²) in [6.07, 6.45) is 4.61. The largest absolute Gasteiger partial charge is 0.497 e. The number of amides is 1. The second-order valence-corrected chi connectivity index (χ2v) is 9.60. The summed E-state index contributed by atoms with van der Waals surface area (Å²) in [6, 6.07) is 10.7. The van der Waals surface area contributed by atoms with Crippen molar-refractivity contribution in [3.05, 3.63) is 58.1 Å². The number of carbonyl (C=O) groups is 2. The summed E-state index contributed by atoms with van der Waals surface area (Å²) in [5.41, 5.74) is 0.233. The lowest BCUT2D eigenvalue weighted by Gasteiger charge is -2.31. The maximum Gasteiger partial charge on any atom is 0.329 e. The average Bonchev–Trinajstić information content (AvgIpc) is 2.81. The van der Waals surface area contributed by atoms with Gasteiger partial charge < -0.3 is 14.8 Å². The number of esters is 1. The molecule has 182 valence electrons. The molecule has 0 saturated heterocycles. The minimum absolute atomic E-state index is 0.0646. The van der Waals surface area contributed by atoms with Gasteiger partial charge in [-0.1, -0.05) is 37.5 Å². The molecule has 1 saturated carbocycles. The van der Waals surface area contributed by atoms with E-state index in [9.17, 15) is 19.7 Å². The fourth-order valence-electron chi connectivity index (χ4n) is 4.26. The standard InChI is InChI=1S/C26H32N2O6/c1-26(2,3)34-25(30)23(18-8-6-5-7-9-18)27-24(29)21-15-12-19(16-22(21)28(31)32)17-10-13-20(33-4)14-11-17/h10-16,18,23H,5-9H2,1-4H3,(H,27,29)/t23-/m0/s1. The molecule has 3 rings (SSSR count). The summed E-state index contributed by atoms with van der Waals surface area (Å²) in [5, 5.41) is 14.6. The van der Waals surface area contributed by atoms with Crippen LogP contribution in [0.1, 0.15) is 63.2 Å². The number of hydrogen-bond donors (Lipinski definition) is 1. The third-order valence-electron chi connectivity index (χ3n) is 5.93. The van der Waals surface area contributed by atoms with E-state index < -0.39 is 28.4 Å². The van der Waals surface area contributed by atoms with Gasteiger partial charge in [0.15, 0.2) is 0 Å². The molecule has 1 aliphatic rings. The highest BCUT2D eigenvalue weighted by molar-refractivity contribution is 6.01. The van der Waals surface area contributed by atoms with Gasteiger partial charge in [0, 0.05) is 6.07 Å². The summed E-state index contributed by atoms with van der Waals surface area (Å²) >= 11 is 0. The van der Waals surface area contributed by atoms with Crippen LogP contribution in [0.5, 0.6) is 5.75 Å². The lowest BCUT2D eigenvalue weighted by atomic mass is 9.83. The number of rotatable bonds is 7. The van der Waals surface area contributed by atoms with Gasteiger partial charge >= 0.3 is 5.97 Å². The Balaban J connectivity index is 1.89. The molecule has 1 fully saturated rings. The molecule has 1 amide bonds. The Kier molecular flexibility index (Phi) is 7.91. The second-order valence-electron chi connectivity index (χ2n) is 9.60. The quantitative estimate of drug-likeness (QED) is 0.336. The van der Waals surface area contributed by atoms with E-state index in [0.717, 1.165) is 37.7 Å². The van der Waals surface area contributed by atoms with Crippen LogP contribution >= 0.6 is 0 Å². The zero-order chi connectivity index (χ0) is 24.9. The molecule has 0 heterocycles. The Bertz CT molecular complexity index is 1040. The fraction of sp³-hybridized carbons (Fsp3) is 0.462. The van der Waals surface area contributed by atoms with E-state index in [1.165, 1.54) is 12.1 Å². The van der Waals surface area contributed by atoms with Gasteiger partial charge in [-0.05, 0) is 68.9 Å². The van der Waals surface area contributed by atoms with Crippen molar-refractivity contribution in [3.63, 3.8) is 0 Å². The number of methoxy groups -OCH3 is 1. The molecule has 0 spiro atoms. The molecule has 2 aromatic carbocycles. The molecule has 0 radical (unpaired) electrons. The molecule has 2 aromatic rings. The van der Waals surface area contributed by atoms with Crippen molar-refractivity contribution >= 4 is 17.6 Å². The summed E-state index contributed by atoms with van der Waals surface area (Å²) in [6.45, 7) is 5.31. The van der Waals surface area contributed by atoms with E-state index in [0.29, 0.717) is 11.3 Å². The molecule has 1 atom stereocenters. The van der Waals surface area contributed by atoms with Crippen LogP contribution in [0.2, 0.25) is 0 Å². The van der Waals surface area contributed by atoms with Gasteiger partial charge in [0.05, 0.1) is 12.0 Å². The van der Waals surface area contributed by atoms with Crippen molar-refractivity contribution in [1.82, 2.24) is 5.32 Å². The Morgan fingerprint density at radius 2 is 1.65 bits per heavy atom. The summed E-state index contributed by atoms with van der Waals surface area (Å²) < 4.78 is 10.7. The summed E-state index contributed by atoms with van der Waals surface area (Å²) in [4.78, 5) is 37.4. The van der Waals surface area contributed by atoms with Crippen LogP contribution < -0.4 is 10.1 Å². The summed E-state index contributed by atoms with van der Waals surface area (Å²) in [7, 11) is 1.56. The average molecular weight is 469 g/mol. The van der Waals surface area contributed by atoms with Crippen LogP contribution in [0, 0.1) is 16.0 Å². The van der Waals surface area contributed by atoms with Crippen molar-refractivity contribution in [2.45, 2.75) is 64.5 Å². The minimum atomic E-state index is -0.854. The summed E-state index contributed by atoms with van der Waals surface area (Å²) in [5.74, 6) is -0.560. The van der Waals surface area contributed by atoms with Gasteiger partial charge in [0.2, 0.25) is 0 Å². The molecule has 8 nitrogen and oxygen atoms in total. The third kappa shape index (κ3) is 6.34. The van der Waals surface area contributed by atoms with Crippen LogP contribution in [0.15, 0.2) is 42.5 Å². The first-order chi connectivity index (χ1) is 16.1. The Labute approximate surface area is 199 Å². The predicted molar refractivity (Wildman–Crippen MR) is 129 cm³/mol. The van der Waals surface area contributed by atoms with Crippen LogP contribution in [0.3, 0.4) is 0 Å². The zero-order valence-corrected chi connectivity index (χ0v) is 20.1. The van der Waals surface area contributed by atoms with Gasteiger partial charge in [-0.2, -0.15) is 0 Å². The molecule has 0 aromatic heterocycles. The lowest BCUT2D eigenvalue weighted by Crippen LogP contribution is -2.49. The molecule has 8 heteroatoms. The first-order valence-electron chi connectivity index (χ1n) is 11.6. The number of hydrogen-bond acceptors (Lipinski definition) is 6. The molecule has 0 unspecified atom stereocenters. The Morgan fingerprint density at radius 1 is 1.03 bits per heavy atom. The van der Waals surface area contributed by atoms with Gasteiger partial charge in [-0.15, -0.1) is 0 Å². The highest BCUT2D eigenvalue weighted by atomic mass is 16.6. The maximum absolute atomic E-state index is 13.2. The number of nitro groups is 1. The first kappa shape index (κ1) is 25.2. The Morgan fingerprint density at radius 3 is 2.21 bits per heavy atom. The molecule has 34 heavy (non-hydrogen) atoms. The van der Waals surface area contributed by atoms with Gasteiger partial charge in [-0.25, -0.2) is 4.79 Å². The van der Waals surface area contributed by atoms with Gasteiger partial charge in [-0.3, -0.25) is 14.9 Å². The molecular formula is C26H32N2O6. The molecule has 1 N–H and O–H groups in total. The van der Waals surface area contributed by atoms with Crippen LogP contribution in [0.25, 0.3) is 11.1 Å². The maximum atomic E-state index is 13.2. The zero-order valence-electron chi connectivity index (χ0n) is 20.1. The first-order valence-corrected chi connectivity index (χ1v) is 11.6. The van der Waals surface area contributed by atoms with Crippen molar-refractivity contribution in [1.29, 1.82) is 0 Å². The van der Waals surface area contributed by atoms with E-state index in [4.69, 9.17) is 9.47 Å². The highest BCUT2D eigenvalue weighted by Gasteiger charge is 2.35. The number of ether oxygens (including phenoxy) is 2. The van der Waals surface area contributed by atoms with Crippen molar-refractivity contribution in [2.24, 2.45) is 5.92 Å². The second kappa shape index (κ2) is 10.7. The Hall–Kier alpha value is -3.42. The number of carbonyl (C=O) groups excluding carboxylic acids is 2. The SMILES string of the molecule is COc1ccc(-c2ccc(C(=O)N[C@H](C(=O)OC(C)(C)C)C3CCCCC3)c([N+](=O)[O-])c2)cc1.